The number of hydrogen-bond donors (Lipinski definition) is 0. The van der Waals surface area contributed by atoms with Crippen LogP contribution in [0.1, 0.15) is 37.0 Å². The normalized spacial score (nSPS) is 11.3. The number of aromatic nitrogens is 2. The molecule has 0 aliphatic heterocycles. The van der Waals surface area contributed by atoms with Gasteiger partial charge in [0.05, 0.1) is 23.1 Å². The number of carbonyl (C=O) groups excluding carboxylic acids is 1. The first-order valence-corrected chi connectivity index (χ1v) is 9.47. The summed E-state index contributed by atoms with van der Waals surface area (Å²) in [5, 5.41) is 0.644. The van der Waals surface area contributed by atoms with Gasteiger partial charge in [0.1, 0.15) is 11.6 Å². The summed E-state index contributed by atoms with van der Waals surface area (Å²) >= 11 is 6.13. The Kier molecular flexibility index (Phi) is 5.80. The molecule has 27 heavy (non-hydrogen) atoms. The van der Waals surface area contributed by atoms with Gasteiger partial charge in [-0.15, -0.1) is 0 Å². The van der Waals surface area contributed by atoms with Crippen LogP contribution in [0.4, 0.5) is 4.39 Å². The summed E-state index contributed by atoms with van der Waals surface area (Å²) in [7, 11) is 0. The molecule has 0 bridgehead atoms. The van der Waals surface area contributed by atoms with Gasteiger partial charge >= 0.3 is 0 Å². The first-order chi connectivity index (χ1) is 12.9. The third kappa shape index (κ3) is 4.14. The number of rotatable bonds is 6. The summed E-state index contributed by atoms with van der Waals surface area (Å²) < 4.78 is 16.2. The third-order valence-electron chi connectivity index (χ3n) is 4.41. The van der Waals surface area contributed by atoms with Crippen LogP contribution in [0.15, 0.2) is 42.5 Å². The maximum absolute atomic E-state index is 14.2. The van der Waals surface area contributed by atoms with Crippen LogP contribution >= 0.6 is 11.6 Å². The van der Waals surface area contributed by atoms with Gasteiger partial charge in [-0.1, -0.05) is 37.6 Å². The van der Waals surface area contributed by atoms with Crippen molar-refractivity contribution in [2.45, 2.75) is 33.9 Å². The lowest BCUT2D eigenvalue weighted by Crippen LogP contribution is -2.35. The molecule has 0 atom stereocenters. The van der Waals surface area contributed by atoms with Gasteiger partial charge in [0.25, 0.3) is 5.91 Å². The van der Waals surface area contributed by atoms with Crippen LogP contribution in [-0.4, -0.2) is 26.9 Å². The van der Waals surface area contributed by atoms with Crippen molar-refractivity contribution in [1.29, 1.82) is 0 Å². The highest BCUT2D eigenvalue weighted by Gasteiger charge is 2.22. The summed E-state index contributed by atoms with van der Waals surface area (Å²) in [5.74, 6) is 0.177. The van der Waals surface area contributed by atoms with E-state index in [1.807, 2.05) is 37.5 Å². The first kappa shape index (κ1) is 19.4. The summed E-state index contributed by atoms with van der Waals surface area (Å²) in [6.45, 7) is 7.62. The van der Waals surface area contributed by atoms with E-state index in [-0.39, 0.29) is 17.4 Å². The lowest BCUT2D eigenvalue weighted by atomic mass is 10.1. The Morgan fingerprint density at radius 2 is 2.00 bits per heavy atom. The molecule has 142 valence electrons. The van der Waals surface area contributed by atoms with Crippen LogP contribution in [0.3, 0.4) is 0 Å². The Bertz CT molecular complexity index is 967. The minimum atomic E-state index is -0.507. The van der Waals surface area contributed by atoms with Crippen LogP contribution < -0.4 is 0 Å². The Balaban J connectivity index is 1.99. The number of amides is 1. The molecule has 0 saturated carbocycles. The van der Waals surface area contributed by atoms with E-state index in [4.69, 9.17) is 11.6 Å². The molecule has 4 nitrogen and oxygen atoms in total. The molecular weight excluding hydrogens is 365 g/mol. The van der Waals surface area contributed by atoms with Crippen molar-refractivity contribution in [3.8, 4) is 0 Å². The molecule has 0 fully saturated rings. The Morgan fingerprint density at radius 3 is 2.67 bits per heavy atom. The van der Waals surface area contributed by atoms with Gasteiger partial charge < -0.3 is 9.47 Å². The van der Waals surface area contributed by atoms with Crippen LogP contribution in [0.25, 0.3) is 11.0 Å². The summed E-state index contributed by atoms with van der Waals surface area (Å²) in [6.07, 6.45) is 0. The molecule has 0 aliphatic rings. The molecule has 0 unspecified atom stereocenters. The molecule has 1 amide bonds. The van der Waals surface area contributed by atoms with Gasteiger partial charge in [0, 0.05) is 18.1 Å². The summed E-state index contributed by atoms with van der Waals surface area (Å²) in [5.41, 5.74) is 1.85. The van der Waals surface area contributed by atoms with Crippen LogP contribution in [-0.2, 0) is 13.1 Å². The average Bonchev–Trinajstić information content (AvgIpc) is 2.96. The fourth-order valence-electron chi connectivity index (χ4n) is 3.26. The predicted octanol–water partition coefficient (Wildman–Crippen LogP) is 5.15. The number of halogens is 2. The number of benzene rings is 2. The van der Waals surface area contributed by atoms with E-state index < -0.39 is 5.82 Å². The second-order valence-corrected chi connectivity index (χ2v) is 7.40. The van der Waals surface area contributed by atoms with Crippen molar-refractivity contribution in [2.24, 2.45) is 5.92 Å². The quantitative estimate of drug-likeness (QED) is 0.586. The van der Waals surface area contributed by atoms with Crippen molar-refractivity contribution in [2.75, 3.05) is 6.54 Å². The van der Waals surface area contributed by atoms with E-state index >= 15 is 0 Å². The lowest BCUT2D eigenvalue weighted by molar-refractivity contribution is 0.0711. The Hall–Kier alpha value is -2.40. The number of aryl methyl sites for hydroxylation is 1. The molecule has 3 aromatic rings. The van der Waals surface area contributed by atoms with Crippen molar-refractivity contribution >= 4 is 28.5 Å². The second kappa shape index (κ2) is 8.09. The van der Waals surface area contributed by atoms with E-state index in [0.29, 0.717) is 24.7 Å². The molecule has 0 aliphatic carbocycles. The topological polar surface area (TPSA) is 38.1 Å². The summed E-state index contributed by atoms with van der Waals surface area (Å²) in [6, 6.07) is 11.6. The van der Waals surface area contributed by atoms with E-state index in [1.54, 1.807) is 23.1 Å². The molecule has 1 aromatic heterocycles. The molecule has 0 N–H and O–H groups in total. The van der Waals surface area contributed by atoms with Gasteiger partial charge in [-0.2, -0.15) is 0 Å². The Labute approximate surface area is 163 Å². The Morgan fingerprint density at radius 1 is 1.26 bits per heavy atom. The number of imidazole rings is 1. The predicted molar refractivity (Wildman–Crippen MR) is 106 cm³/mol. The minimum Gasteiger partial charge on any atom is -0.331 e. The third-order valence-corrected chi connectivity index (χ3v) is 4.65. The summed E-state index contributed by atoms with van der Waals surface area (Å²) in [4.78, 5) is 19.4. The van der Waals surface area contributed by atoms with Crippen molar-refractivity contribution in [1.82, 2.24) is 14.5 Å². The zero-order valence-corrected chi connectivity index (χ0v) is 16.5. The van der Waals surface area contributed by atoms with Gasteiger partial charge in [-0.05, 0) is 43.2 Å². The molecular formula is C21H23ClFN3O. The van der Waals surface area contributed by atoms with Crippen molar-refractivity contribution in [3.05, 3.63) is 64.7 Å². The van der Waals surface area contributed by atoms with Crippen molar-refractivity contribution in [3.63, 3.8) is 0 Å². The monoisotopic (exact) mass is 387 g/mol. The molecule has 0 spiro atoms. The largest absolute Gasteiger partial charge is 0.331 e. The van der Waals surface area contributed by atoms with E-state index in [9.17, 15) is 9.18 Å². The zero-order chi connectivity index (χ0) is 19.6. The average molecular weight is 388 g/mol. The van der Waals surface area contributed by atoms with Crippen LogP contribution in [0.5, 0.6) is 0 Å². The SMILES string of the molecule is CCn1c(CN(CC(C)C)C(=O)c2ccccc2F)nc2ccc(Cl)cc21. The van der Waals surface area contributed by atoms with E-state index in [1.165, 1.54) is 12.1 Å². The van der Waals surface area contributed by atoms with Crippen LogP contribution in [0, 0.1) is 11.7 Å². The van der Waals surface area contributed by atoms with Crippen molar-refractivity contribution < 1.29 is 9.18 Å². The minimum absolute atomic E-state index is 0.0837. The molecule has 6 heteroatoms. The van der Waals surface area contributed by atoms with E-state index in [0.717, 1.165) is 16.9 Å². The number of nitrogens with zero attached hydrogens (tertiary/aromatic N) is 3. The molecule has 3 rings (SSSR count). The highest BCUT2D eigenvalue weighted by molar-refractivity contribution is 6.31. The molecule has 1 heterocycles. The van der Waals surface area contributed by atoms with Gasteiger partial charge in [-0.25, -0.2) is 9.37 Å². The highest BCUT2D eigenvalue weighted by Crippen LogP contribution is 2.22. The fraction of sp³-hybridized carbons (Fsp3) is 0.333. The van der Waals surface area contributed by atoms with Gasteiger partial charge in [-0.3, -0.25) is 4.79 Å². The number of hydrogen-bond acceptors (Lipinski definition) is 2. The number of carbonyl (C=O) groups is 1. The maximum atomic E-state index is 14.2. The standard InChI is InChI=1S/C21H23ClFN3O/c1-4-26-19-11-15(22)9-10-18(19)24-20(26)13-25(12-14(2)3)21(27)16-7-5-6-8-17(16)23/h5-11,14H,4,12-13H2,1-3H3. The fourth-order valence-corrected chi connectivity index (χ4v) is 3.42. The molecule has 0 saturated heterocycles. The van der Waals surface area contributed by atoms with E-state index in [2.05, 4.69) is 4.98 Å². The maximum Gasteiger partial charge on any atom is 0.257 e. The molecule has 2 aromatic carbocycles. The smallest absolute Gasteiger partial charge is 0.257 e. The van der Waals surface area contributed by atoms with Gasteiger partial charge in [0.15, 0.2) is 0 Å². The first-order valence-electron chi connectivity index (χ1n) is 9.09. The zero-order valence-electron chi connectivity index (χ0n) is 15.7. The molecule has 0 radical (unpaired) electrons. The van der Waals surface area contributed by atoms with Crippen LogP contribution in [0.2, 0.25) is 5.02 Å². The number of fused-ring (bicyclic) bond motifs is 1. The van der Waals surface area contributed by atoms with Gasteiger partial charge in [0.2, 0.25) is 0 Å². The second-order valence-electron chi connectivity index (χ2n) is 6.96. The highest BCUT2D eigenvalue weighted by atomic mass is 35.5. The lowest BCUT2D eigenvalue weighted by Gasteiger charge is -2.25.